The lowest BCUT2D eigenvalue weighted by molar-refractivity contribution is 0.469. The molecule has 1 aliphatic carbocycles. The zero-order valence-corrected chi connectivity index (χ0v) is 11.9. The summed E-state index contributed by atoms with van der Waals surface area (Å²) >= 11 is 0. The highest BCUT2D eigenvalue weighted by Crippen LogP contribution is 2.33. The Labute approximate surface area is 118 Å². The van der Waals surface area contributed by atoms with Gasteiger partial charge in [0.05, 0.1) is 6.20 Å². The number of oxazole rings is 1. The van der Waals surface area contributed by atoms with Crippen molar-refractivity contribution in [3.8, 4) is 11.5 Å². The third-order valence-electron chi connectivity index (χ3n) is 4.35. The molecule has 4 rings (SSSR count). The predicted octanol–water partition coefficient (Wildman–Crippen LogP) is 2.53. The van der Waals surface area contributed by atoms with Gasteiger partial charge in [0, 0.05) is 30.8 Å². The molecule has 0 amide bonds. The zero-order chi connectivity index (χ0) is 13.7. The van der Waals surface area contributed by atoms with Crippen LogP contribution in [0.1, 0.15) is 36.9 Å². The van der Waals surface area contributed by atoms with Crippen LogP contribution in [0.2, 0.25) is 0 Å². The van der Waals surface area contributed by atoms with E-state index in [0.717, 1.165) is 43.2 Å². The van der Waals surface area contributed by atoms with E-state index in [1.54, 1.807) is 6.20 Å². The van der Waals surface area contributed by atoms with Crippen LogP contribution in [0.5, 0.6) is 0 Å². The zero-order valence-electron chi connectivity index (χ0n) is 11.9. The molecule has 1 fully saturated rings. The van der Waals surface area contributed by atoms with Crippen molar-refractivity contribution in [2.75, 3.05) is 11.4 Å². The molecule has 0 radical (unpaired) electrons. The van der Waals surface area contributed by atoms with E-state index in [4.69, 9.17) is 14.4 Å². The normalized spacial score (nSPS) is 20.9. The van der Waals surface area contributed by atoms with Crippen LogP contribution >= 0.6 is 0 Å². The van der Waals surface area contributed by atoms with E-state index in [1.807, 2.05) is 6.92 Å². The minimum absolute atomic E-state index is 0.541. The van der Waals surface area contributed by atoms with E-state index < -0.39 is 0 Å². The van der Waals surface area contributed by atoms with Crippen LogP contribution in [0.4, 0.5) is 5.95 Å². The number of aryl methyl sites for hydroxylation is 2. The van der Waals surface area contributed by atoms with Gasteiger partial charge in [-0.25, -0.2) is 15.0 Å². The molecule has 2 aromatic heterocycles. The molecule has 0 saturated carbocycles. The molecule has 104 valence electrons. The lowest BCUT2D eigenvalue weighted by atomic mass is 10.1. The molecule has 0 N–H and O–H groups in total. The van der Waals surface area contributed by atoms with E-state index in [2.05, 4.69) is 16.8 Å². The third kappa shape index (κ3) is 1.72. The topological polar surface area (TPSA) is 55.1 Å². The van der Waals surface area contributed by atoms with Gasteiger partial charge in [-0.15, -0.1) is 0 Å². The molecule has 0 aromatic carbocycles. The second-order valence-corrected chi connectivity index (χ2v) is 5.73. The van der Waals surface area contributed by atoms with Crippen LogP contribution in [0.3, 0.4) is 0 Å². The van der Waals surface area contributed by atoms with E-state index >= 15 is 0 Å². The highest BCUT2D eigenvalue weighted by atomic mass is 16.4. The van der Waals surface area contributed by atoms with Gasteiger partial charge in [-0.3, -0.25) is 0 Å². The average molecular weight is 270 g/mol. The average Bonchev–Trinajstić information content (AvgIpc) is 3.04. The van der Waals surface area contributed by atoms with E-state index in [9.17, 15) is 0 Å². The molecule has 5 nitrogen and oxygen atoms in total. The number of nitrogens with zero attached hydrogens (tertiary/aromatic N) is 4. The van der Waals surface area contributed by atoms with Crippen molar-refractivity contribution in [2.24, 2.45) is 0 Å². The minimum atomic E-state index is 0.541. The fourth-order valence-corrected chi connectivity index (χ4v) is 3.04. The predicted molar refractivity (Wildman–Crippen MR) is 75.7 cm³/mol. The summed E-state index contributed by atoms with van der Waals surface area (Å²) in [4.78, 5) is 16.0. The van der Waals surface area contributed by atoms with E-state index in [-0.39, 0.29) is 0 Å². The maximum absolute atomic E-state index is 5.69. The molecule has 0 bridgehead atoms. The number of anilines is 1. The molecule has 5 heteroatoms. The second kappa shape index (κ2) is 4.30. The van der Waals surface area contributed by atoms with Crippen LogP contribution in [0, 0.1) is 6.92 Å². The quantitative estimate of drug-likeness (QED) is 0.839. The Kier molecular flexibility index (Phi) is 2.55. The lowest BCUT2D eigenvalue weighted by Crippen LogP contribution is -2.46. The molecule has 0 unspecified atom stereocenters. The van der Waals surface area contributed by atoms with Crippen molar-refractivity contribution >= 4 is 5.95 Å². The highest BCUT2D eigenvalue weighted by molar-refractivity contribution is 5.61. The van der Waals surface area contributed by atoms with Gasteiger partial charge in [-0.1, -0.05) is 0 Å². The standard InChI is InChI=1S/C15H18N4O/c1-9-6-7-19(9)15-17-12-5-3-4-11(12)14(18-15)13-8-16-10(2)20-13/h8-9H,3-7H2,1-2H3/t9-/m0/s1. The molecule has 1 saturated heterocycles. The van der Waals surface area contributed by atoms with Crippen molar-refractivity contribution in [2.45, 2.75) is 45.6 Å². The summed E-state index contributed by atoms with van der Waals surface area (Å²) in [6.07, 6.45) is 6.24. The first-order chi connectivity index (χ1) is 9.72. The molecule has 20 heavy (non-hydrogen) atoms. The summed E-state index contributed by atoms with van der Waals surface area (Å²) in [6, 6.07) is 0.541. The van der Waals surface area contributed by atoms with Gasteiger partial charge in [0.15, 0.2) is 11.7 Å². The van der Waals surface area contributed by atoms with Crippen molar-refractivity contribution < 1.29 is 4.42 Å². The van der Waals surface area contributed by atoms with Gasteiger partial charge in [0.2, 0.25) is 5.95 Å². The molecule has 3 heterocycles. The van der Waals surface area contributed by atoms with Crippen molar-refractivity contribution in [3.63, 3.8) is 0 Å². The van der Waals surface area contributed by atoms with Crippen molar-refractivity contribution in [3.05, 3.63) is 23.3 Å². The maximum Gasteiger partial charge on any atom is 0.226 e. The largest absolute Gasteiger partial charge is 0.439 e. The second-order valence-electron chi connectivity index (χ2n) is 5.73. The Bertz CT molecular complexity index is 664. The first-order valence-corrected chi connectivity index (χ1v) is 7.31. The fourth-order valence-electron chi connectivity index (χ4n) is 3.04. The Morgan fingerprint density at radius 3 is 2.85 bits per heavy atom. The smallest absolute Gasteiger partial charge is 0.226 e. The van der Waals surface area contributed by atoms with Gasteiger partial charge in [-0.05, 0) is 32.6 Å². The summed E-state index contributed by atoms with van der Waals surface area (Å²) in [6.45, 7) is 5.14. The number of fused-ring (bicyclic) bond motifs is 1. The summed E-state index contributed by atoms with van der Waals surface area (Å²) in [5, 5.41) is 0. The fraction of sp³-hybridized carbons (Fsp3) is 0.533. The SMILES string of the molecule is Cc1ncc(-c2nc(N3CC[C@@H]3C)nc3c2CCC3)o1. The maximum atomic E-state index is 5.69. The Hall–Kier alpha value is -1.91. The van der Waals surface area contributed by atoms with Crippen LogP contribution in [-0.4, -0.2) is 27.5 Å². The number of rotatable bonds is 2. The molecular weight excluding hydrogens is 252 g/mol. The number of aromatic nitrogens is 3. The summed E-state index contributed by atoms with van der Waals surface area (Å²) in [5.41, 5.74) is 3.39. The molecule has 2 aliphatic rings. The van der Waals surface area contributed by atoms with E-state index in [0.29, 0.717) is 11.9 Å². The molecule has 0 spiro atoms. The first kappa shape index (κ1) is 11.9. The lowest BCUT2D eigenvalue weighted by Gasteiger charge is -2.39. The molecule has 2 aromatic rings. The molecule has 1 aliphatic heterocycles. The van der Waals surface area contributed by atoms with Crippen LogP contribution in [-0.2, 0) is 12.8 Å². The van der Waals surface area contributed by atoms with Gasteiger partial charge in [0.25, 0.3) is 0 Å². The van der Waals surface area contributed by atoms with Crippen LogP contribution in [0.15, 0.2) is 10.6 Å². The Morgan fingerprint density at radius 1 is 1.30 bits per heavy atom. The van der Waals surface area contributed by atoms with Crippen molar-refractivity contribution in [1.29, 1.82) is 0 Å². The summed E-state index contributed by atoms with van der Waals surface area (Å²) < 4.78 is 5.69. The van der Waals surface area contributed by atoms with Gasteiger partial charge < -0.3 is 9.32 Å². The molecular formula is C15H18N4O. The van der Waals surface area contributed by atoms with Crippen molar-refractivity contribution in [1.82, 2.24) is 15.0 Å². The van der Waals surface area contributed by atoms with Crippen LogP contribution < -0.4 is 4.90 Å². The van der Waals surface area contributed by atoms with Gasteiger partial charge >= 0.3 is 0 Å². The van der Waals surface area contributed by atoms with Gasteiger partial charge in [0.1, 0.15) is 5.69 Å². The Balaban J connectivity index is 1.84. The summed E-state index contributed by atoms with van der Waals surface area (Å²) in [7, 11) is 0. The summed E-state index contributed by atoms with van der Waals surface area (Å²) in [5.74, 6) is 2.31. The van der Waals surface area contributed by atoms with Gasteiger partial charge in [-0.2, -0.15) is 0 Å². The number of hydrogen-bond donors (Lipinski definition) is 0. The third-order valence-corrected chi connectivity index (χ3v) is 4.35. The molecule has 1 atom stereocenters. The highest BCUT2D eigenvalue weighted by Gasteiger charge is 2.29. The first-order valence-electron chi connectivity index (χ1n) is 7.31. The monoisotopic (exact) mass is 270 g/mol. The Morgan fingerprint density at radius 2 is 2.20 bits per heavy atom. The van der Waals surface area contributed by atoms with Crippen LogP contribution in [0.25, 0.3) is 11.5 Å². The minimum Gasteiger partial charge on any atom is -0.439 e. The number of hydrogen-bond acceptors (Lipinski definition) is 5. The van der Waals surface area contributed by atoms with E-state index in [1.165, 1.54) is 17.7 Å².